The van der Waals surface area contributed by atoms with Gasteiger partial charge in [-0.15, -0.1) is 0 Å². The van der Waals surface area contributed by atoms with Gasteiger partial charge in [0.15, 0.2) is 0 Å². The van der Waals surface area contributed by atoms with E-state index in [0.717, 1.165) is 26.1 Å². The topological polar surface area (TPSA) is 70.8 Å². The molecule has 2 rings (SSSR count). The summed E-state index contributed by atoms with van der Waals surface area (Å²) in [5.74, 6) is 0.209. The van der Waals surface area contributed by atoms with Crippen molar-refractivity contribution in [3.8, 4) is 0 Å². The summed E-state index contributed by atoms with van der Waals surface area (Å²) in [7, 11) is 0. The maximum atomic E-state index is 11.8. The Balaban J connectivity index is 1.74. The van der Waals surface area contributed by atoms with Crippen molar-refractivity contribution in [3.63, 3.8) is 0 Å². The average molecular weight is 257 g/mol. The van der Waals surface area contributed by atoms with Gasteiger partial charge in [-0.2, -0.15) is 0 Å². The van der Waals surface area contributed by atoms with E-state index in [1.165, 1.54) is 0 Å². The number of esters is 1. The molecule has 3 unspecified atom stereocenters. The second kappa shape index (κ2) is 5.99. The molecule has 2 N–H and O–H groups in total. The van der Waals surface area contributed by atoms with Crippen LogP contribution in [0.4, 0.5) is 0 Å². The van der Waals surface area contributed by atoms with Crippen LogP contribution in [0.3, 0.4) is 0 Å². The predicted octanol–water partition coefficient (Wildman–Crippen LogP) is 0.853. The molecule has 2 aliphatic rings. The highest BCUT2D eigenvalue weighted by Gasteiger charge is 2.43. The number of ether oxygens (including phenoxy) is 3. The van der Waals surface area contributed by atoms with E-state index in [-0.39, 0.29) is 12.1 Å². The van der Waals surface area contributed by atoms with Crippen LogP contribution in [-0.4, -0.2) is 44.0 Å². The first kappa shape index (κ1) is 13.8. The average Bonchev–Trinajstić information content (AvgIpc) is 2.97. The van der Waals surface area contributed by atoms with Crippen molar-refractivity contribution >= 4 is 5.97 Å². The SMILES string of the molecule is CCOC(=O)C1(N)CCC(OCC2CCOC2)C1. The van der Waals surface area contributed by atoms with Crippen molar-refractivity contribution in [2.45, 2.75) is 44.2 Å². The van der Waals surface area contributed by atoms with E-state index in [2.05, 4.69) is 0 Å². The Hall–Kier alpha value is -0.650. The largest absolute Gasteiger partial charge is 0.465 e. The highest BCUT2D eigenvalue weighted by atomic mass is 16.5. The summed E-state index contributed by atoms with van der Waals surface area (Å²) in [4.78, 5) is 11.8. The number of hydrogen-bond donors (Lipinski definition) is 1. The van der Waals surface area contributed by atoms with Gasteiger partial charge >= 0.3 is 5.97 Å². The van der Waals surface area contributed by atoms with Crippen LogP contribution in [0.1, 0.15) is 32.6 Å². The fourth-order valence-electron chi connectivity index (χ4n) is 2.62. The van der Waals surface area contributed by atoms with Gasteiger partial charge in [0.05, 0.1) is 25.9 Å². The van der Waals surface area contributed by atoms with Gasteiger partial charge < -0.3 is 19.9 Å². The molecule has 0 spiro atoms. The quantitative estimate of drug-likeness (QED) is 0.739. The molecule has 5 heteroatoms. The Morgan fingerprint density at radius 2 is 2.33 bits per heavy atom. The summed E-state index contributed by atoms with van der Waals surface area (Å²) < 4.78 is 16.2. The number of carbonyl (C=O) groups excluding carboxylic acids is 1. The van der Waals surface area contributed by atoms with E-state index in [9.17, 15) is 4.79 Å². The van der Waals surface area contributed by atoms with Crippen molar-refractivity contribution in [1.82, 2.24) is 0 Å². The molecule has 0 aromatic heterocycles. The van der Waals surface area contributed by atoms with Gasteiger partial charge in [-0.3, -0.25) is 4.79 Å². The van der Waals surface area contributed by atoms with E-state index < -0.39 is 5.54 Å². The summed E-state index contributed by atoms with van der Waals surface area (Å²) in [6, 6.07) is 0. The number of nitrogens with two attached hydrogens (primary N) is 1. The second-order valence-corrected chi connectivity index (χ2v) is 5.30. The van der Waals surface area contributed by atoms with Gasteiger partial charge in [0.25, 0.3) is 0 Å². The monoisotopic (exact) mass is 257 g/mol. The van der Waals surface area contributed by atoms with Crippen LogP contribution >= 0.6 is 0 Å². The Kier molecular flexibility index (Phi) is 4.59. The van der Waals surface area contributed by atoms with Crippen molar-refractivity contribution in [2.24, 2.45) is 11.7 Å². The minimum absolute atomic E-state index is 0.0833. The molecule has 1 aliphatic carbocycles. The lowest BCUT2D eigenvalue weighted by Gasteiger charge is -2.22. The zero-order valence-corrected chi connectivity index (χ0v) is 11.0. The van der Waals surface area contributed by atoms with Crippen LogP contribution in [-0.2, 0) is 19.0 Å². The zero-order valence-electron chi connectivity index (χ0n) is 11.0. The third kappa shape index (κ3) is 3.22. The van der Waals surface area contributed by atoms with Gasteiger partial charge in [-0.25, -0.2) is 0 Å². The molecule has 104 valence electrons. The standard InChI is InChI=1S/C13H23NO4/c1-2-17-12(15)13(14)5-3-11(7-13)18-9-10-4-6-16-8-10/h10-11H,2-9,14H2,1H3. The fraction of sp³-hybridized carbons (Fsp3) is 0.923. The van der Waals surface area contributed by atoms with Crippen molar-refractivity contribution < 1.29 is 19.0 Å². The van der Waals surface area contributed by atoms with Gasteiger partial charge in [-0.1, -0.05) is 0 Å². The van der Waals surface area contributed by atoms with Crippen LogP contribution < -0.4 is 5.73 Å². The molecule has 0 radical (unpaired) electrons. The van der Waals surface area contributed by atoms with E-state index >= 15 is 0 Å². The summed E-state index contributed by atoms with van der Waals surface area (Å²) in [6.45, 7) is 4.51. The third-order valence-corrected chi connectivity index (χ3v) is 3.78. The lowest BCUT2D eigenvalue weighted by atomic mass is 9.99. The molecule has 1 aliphatic heterocycles. The van der Waals surface area contributed by atoms with E-state index in [1.807, 2.05) is 0 Å². The normalized spacial score (nSPS) is 35.9. The molecule has 0 bridgehead atoms. The second-order valence-electron chi connectivity index (χ2n) is 5.30. The summed E-state index contributed by atoms with van der Waals surface area (Å²) >= 11 is 0. The predicted molar refractivity (Wildman–Crippen MR) is 66.1 cm³/mol. The third-order valence-electron chi connectivity index (χ3n) is 3.78. The Labute approximate surface area is 108 Å². The van der Waals surface area contributed by atoms with Crippen LogP contribution in [0.15, 0.2) is 0 Å². The van der Waals surface area contributed by atoms with Gasteiger partial charge in [0, 0.05) is 18.9 Å². The highest BCUT2D eigenvalue weighted by molar-refractivity contribution is 5.81. The highest BCUT2D eigenvalue weighted by Crippen LogP contribution is 2.31. The number of carbonyl (C=O) groups is 1. The van der Waals surface area contributed by atoms with Crippen LogP contribution in [0, 0.1) is 5.92 Å². The lowest BCUT2D eigenvalue weighted by Crippen LogP contribution is -2.47. The molecule has 3 atom stereocenters. The molecule has 1 saturated carbocycles. The molecule has 0 amide bonds. The Morgan fingerprint density at radius 1 is 1.50 bits per heavy atom. The first-order valence-corrected chi connectivity index (χ1v) is 6.79. The minimum Gasteiger partial charge on any atom is -0.465 e. The van der Waals surface area contributed by atoms with Crippen LogP contribution in [0.25, 0.3) is 0 Å². The molecule has 2 fully saturated rings. The first-order chi connectivity index (χ1) is 8.64. The van der Waals surface area contributed by atoms with Gasteiger partial charge in [0.2, 0.25) is 0 Å². The molecule has 0 aromatic carbocycles. The van der Waals surface area contributed by atoms with Gasteiger partial charge in [-0.05, 0) is 26.2 Å². The number of rotatable bonds is 5. The summed E-state index contributed by atoms with van der Waals surface area (Å²) in [6.07, 6.45) is 3.21. The zero-order chi connectivity index (χ0) is 13.0. The molecular weight excluding hydrogens is 234 g/mol. The van der Waals surface area contributed by atoms with E-state index in [4.69, 9.17) is 19.9 Å². The van der Waals surface area contributed by atoms with Gasteiger partial charge in [0.1, 0.15) is 5.54 Å². The summed E-state index contributed by atoms with van der Waals surface area (Å²) in [5, 5.41) is 0. The van der Waals surface area contributed by atoms with Crippen molar-refractivity contribution in [1.29, 1.82) is 0 Å². The molecular formula is C13H23NO4. The fourth-order valence-corrected chi connectivity index (χ4v) is 2.62. The number of hydrogen-bond acceptors (Lipinski definition) is 5. The Morgan fingerprint density at radius 3 is 3.00 bits per heavy atom. The maximum absolute atomic E-state index is 11.8. The maximum Gasteiger partial charge on any atom is 0.326 e. The molecule has 5 nitrogen and oxygen atoms in total. The molecule has 1 saturated heterocycles. The molecule has 0 aromatic rings. The Bertz CT molecular complexity index is 291. The first-order valence-electron chi connectivity index (χ1n) is 6.79. The lowest BCUT2D eigenvalue weighted by molar-refractivity contribution is -0.149. The van der Waals surface area contributed by atoms with Crippen LogP contribution in [0.5, 0.6) is 0 Å². The molecule has 1 heterocycles. The molecule has 18 heavy (non-hydrogen) atoms. The minimum atomic E-state index is -0.840. The van der Waals surface area contributed by atoms with Crippen molar-refractivity contribution in [2.75, 3.05) is 26.4 Å². The summed E-state index contributed by atoms with van der Waals surface area (Å²) in [5.41, 5.74) is 5.24. The smallest absolute Gasteiger partial charge is 0.326 e. The van der Waals surface area contributed by atoms with Crippen LogP contribution in [0.2, 0.25) is 0 Å². The van der Waals surface area contributed by atoms with Crippen molar-refractivity contribution in [3.05, 3.63) is 0 Å². The van der Waals surface area contributed by atoms with E-state index in [0.29, 0.717) is 32.0 Å². The van der Waals surface area contributed by atoms with E-state index in [1.54, 1.807) is 6.92 Å².